The van der Waals surface area contributed by atoms with Gasteiger partial charge < -0.3 is 5.32 Å². The molecule has 1 atom stereocenters. The Kier molecular flexibility index (Phi) is 2.12. The number of hydrogen-bond donors (Lipinski definition) is 2. The molecule has 2 fully saturated rings. The normalized spacial score (nSPS) is 26.8. The quantitative estimate of drug-likeness (QED) is 0.738. The molecule has 0 spiro atoms. The summed E-state index contributed by atoms with van der Waals surface area (Å²) in [5.41, 5.74) is -0.0263. The van der Waals surface area contributed by atoms with Crippen LogP contribution in [0.3, 0.4) is 0 Å². The van der Waals surface area contributed by atoms with Crippen LogP contribution in [0.5, 0.6) is 0 Å². The zero-order valence-corrected chi connectivity index (χ0v) is 8.70. The van der Waals surface area contributed by atoms with E-state index in [1.54, 1.807) is 4.68 Å². The molecule has 1 saturated carbocycles. The molecule has 2 N–H and O–H groups in total. The second-order valence-corrected chi connectivity index (χ2v) is 4.53. The summed E-state index contributed by atoms with van der Waals surface area (Å²) < 4.78 is 1.65. The van der Waals surface area contributed by atoms with Crippen molar-refractivity contribution in [3.8, 4) is 0 Å². The molecule has 3 rings (SSSR count). The Bertz CT molecular complexity index is 398. The Morgan fingerprint density at radius 1 is 1.33 bits per heavy atom. The maximum atomic E-state index is 11.7. The first-order chi connectivity index (χ1) is 7.34. The van der Waals surface area contributed by atoms with Gasteiger partial charge in [-0.1, -0.05) is 0 Å². The number of H-pyrrole nitrogens is 1. The fourth-order valence-corrected chi connectivity index (χ4v) is 2.30. The summed E-state index contributed by atoms with van der Waals surface area (Å²) in [6.07, 6.45) is 4.52. The van der Waals surface area contributed by atoms with Gasteiger partial charge >= 0.3 is 5.69 Å². The minimum Gasteiger partial charge on any atom is -0.316 e. The standard InChI is InChI=1S/C10H16N4O/c15-10-12-9(7-4-5-11-6-7)13-14(10)8-2-1-3-8/h7-8,11H,1-6H2,(H,12,13,15). The van der Waals surface area contributed by atoms with Crippen LogP contribution < -0.4 is 11.0 Å². The number of nitrogens with one attached hydrogen (secondary N) is 2. The van der Waals surface area contributed by atoms with Crippen LogP contribution in [-0.2, 0) is 0 Å². The average Bonchev–Trinajstić information content (AvgIpc) is 2.72. The molecule has 0 aromatic carbocycles. The van der Waals surface area contributed by atoms with Gasteiger partial charge in [0.1, 0.15) is 5.82 Å². The molecule has 15 heavy (non-hydrogen) atoms. The molecule has 0 bridgehead atoms. The van der Waals surface area contributed by atoms with Gasteiger partial charge in [0.2, 0.25) is 0 Å². The lowest BCUT2D eigenvalue weighted by atomic mass is 9.93. The zero-order chi connectivity index (χ0) is 10.3. The van der Waals surface area contributed by atoms with Crippen molar-refractivity contribution in [1.82, 2.24) is 20.1 Å². The third kappa shape index (κ3) is 1.51. The van der Waals surface area contributed by atoms with E-state index >= 15 is 0 Å². The lowest BCUT2D eigenvalue weighted by molar-refractivity contribution is 0.280. The molecule has 5 heteroatoms. The fourth-order valence-electron chi connectivity index (χ4n) is 2.30. The predicted octanol–water partition coefficient (Wildman–Crippen LogP) is 0.373. The highest BCUT2D eigenvalue weighted by Crippen LogP contribution is 2.29. The largest absolute Gasteiger partial charge is 0.343 e. The van der Waals surface area contributed by atoms with Crippen molar-refractivity contribution in [1.29, 1.82) is 0 Å². The topological polar surface area (TPSA) is 62.7 Å². The van der Waals surface area contributed by atoms with Crippen molar-refractivity contribution >= 4 is 0 Å². The second kappa shape index (κ2) is 3.48. The molecule has 0 radical (unpaired) electrons. The van der Waals surface area contributed by atoms with Crippen LogP contribution in [0.1, 0.15) is 43.5 Å². The first kappa shape index (κ1) is 9.15. The Labute approximate surface area is 87.9 Å². The summed E-state index contributed by atoms with van der Waals surface area (Å²) in [5.74, 6) is 1.27. The molecule has 1 aliphatic heterocycles. The van der Waals surface area contributed by atoms with Gasteiger partial charge in [0.05, 0.1) is 6.04 Å². The van der Waals surface area contributed by atoms with Gasteiger partial charge in [0.15, 0.2) is 0 Å². The van der Waals surface area contributed by atoms with Crippen molar-refractivity contribution in [2.75, 3.05) is 13.1 Å². The van der Waals surface area contributed by atoms with E-state index in [0.29, 0.717) is 12.0 Å². The monoisotopic (exact) mass is 208 g/mol. The second-order valence-electron chi connectivity index (χ2n) is 4.53. The fraction of sp³-hybridized carbons (Fsp3) is 0.800. The first-order valence-electron chi connectivity index (χ1n) is 5.74. The van der Waals surface area contributed by atoms with Crippen molar-refractivity contribution in [3.63, 3.8) is 0 Å². The van der Waals surface area contributed by atoms with Gasteiger partial charge in [-0.15, -0.1) is 0 Å². The third-order valence-corrected chi connectivity index (χ3v) is 3.53. The smallest absolute Gasteiger partial charge is 0.316 e. The molecule has 1 unspecified atom stereocenters. The van der Waals surface area contributed by atoms with Crippen LogP contribution in [0.25, 0.3) is 0 Å². The number of aromatic amines is 1. The number of nitrogens with zero attached hydrogens (tertiary/aromatic N) is 2. The van der Waals surface area contributed by atoms with E-state index in [2.05, 4.69) is 15.4 Å². The van der Waals surface area contributed by atoms with Crippen LogP contribution in [-0.4, -0.2) is 27.9 Å². The summed E-state index contributed by atoms with van der Waals surface area (Å²) >= 11 is 0. The van der Waals surface area contributed by atoms with Gasteiger partial charge in [0, 0.05) is 12.5 Å². The lowest BCUT2D eigenvalue weighted by Gasteiger charge is -2.24. The highest BCUT2D eigenvalue weighted by atomic mass is 16.2. The van der Waals surface area contributed by atoms with Crippen LogP contribution in [0.4, 0.5) is 0 Å². The summed E-state index contributed by atoms with van der Waals surface area (Å²) in [6.45, 7) is 1.97. The Morgan fingerprint density at radius 3 is 2.80 bits per heavy atom. The van der Waals surface area contributed by atoms with E-state index in [1.807, 2.05) is 0 Å². The first-order valence-corrected chi connectivity index (χ1v) is 5.74. The Hall–Kier alpha value is -1.10. The Morgan fingerprint density at radius 2 is 2.20 bits per heavy atom. The van der Waals surface area contributed by atoms with Crippen LogP contribution >= 0.6 is 0 Å². The minimum atomic E-state index is -0.0263. The highest BCUT2D eigenvalue weighted by molar-refractivity contribution is 4.99. The van der Waals surface area contributed by atoms with Crippen molar-refractivity contribution < 1.29 is 0 Å². The SMILES string of the molecule is O=c1[nH]c(C2CCNC2)nn1C1CCC1. The molecular weight excluding hydrogens is 192 g/mol. The van der Waals surface area contributed by atoms with Crippen LogP contribution in [0.15, 0.2) is 4.79 Å². The molecule has 0 amide bonds. The Balaban J connectivity index is 1.86. The van der Waals surface area contributed by atoms with Crippen molar-refractivity contribution in [3.05, 3.63) is 16.3 Å². The van der Waals surface area contributed by atoms with E-state index in [-0.39, 0.29) is 5.69 Å². The molecular formula is C10H16N4O. The summed E-state index contributed by atoms with van der Waals surface area (Å²) in [5, 5.41) is 7.71. The molecule has 2 aliphatic rings. The van der Waals surface area contributed by atoms with Gasteiger partial charge in [-0.3, -0.25) is 4.98 Å². The van der Waals surface area contributed by atoms with E-state index in [9.17, 15) is 4.79 Å². The highest BCUT2D eigenvalue weighted by Gasteiger charge is 2.26. The molecule has 5 nitrogen and oxygen atoms in total. The predicted molar refractivity (Wildman–Crippen MR) is 56.0 cm³/mol. The number of hydrogen-bond acceptors (Lipinski definition) is 3. The van der Waals surface area contributed by atoms with Crippen molar-refractivity contribution in [2.45, 2.75) is 37.6 Å². The van der Waals surface area contributed by atoms with Gasteiger partial charge in [-0.25, -0.2) is 9.48 Å². The third-order valence-electron chi connectivity index (χ3n) is 3.53. The summed E-state index contributed by atoms with van der Waals surface area (Å²) in [4.78, 5) is 14.5. The zero-order valence-electron chi connectivity index (χ0n) is 8.70. The number of aromatic nitrogens is 3. The van der Waals surface area contributed by atoms with Crippen molar-refractivity contribution in [2.24, 2.45) is 0 Å². The molecule has 82 valence electrons. The molecule has 1 saturated heterocycles. The molecule has 1 aliphatic carbocycles. The van der Waals surface area contributed by atoms with Gasteiger partial charge in [-0.2, -0.15) is 5.10 Å². The van der Waals surface area contributed by atoms with Gasteiger partial charge in [0.25, 0.3) is 0 Å². The van der Waals surface area contributed by atoms with E-state index in [4.69, 9.17) is 0 Å². The van der Waals surface area contributed by atoms with E-state index in [0.717, 1.165) is 38.2 Å². The van der Waals surface area contributed by atoms with Crippen LogP contribution in [0, 0.1) is 0 Å². The summed E-state index contributed by atoms with van der Waals surface area (Å²) in [7, 11) is 0. The average molecular weight is 208 g/mol. The maximum absolute atomic E-state index is 11.7. The van der Waals surface area contributed by atoms with Crippen LogP contribution in [0.2, 0.25) is 0 Å². The lowest BCUT2D eigenvalue weighted by Crippen LogP contribution is -2.27. The molecule has 1 aromatic rings. The van der Waals surface area contributed by atoms with Gasteiger partial charge in [-0.05, 0) is 32.2 Å². The summed E-state index contributed by atoms with van der Waals surface area (Å²) in [6, 6.07) is 0.358. The van der Waals surface area contributed by atoms with E-state index < -0.39 is 0 Å². The molecule has 2 heterocycles. The number of rotatable bonds is 2. The molecule has 1 aromatic heterocycles. The minimum absolute atomic E-state index is 0.0263. The van der Waals surface area contributed by atoms with E-state index in [1.165, 1.54) is 6.42 Å². The maximum Gasteiger partial charge on any atom is 0.343 e.